The number of halogens is 1. The summed E-state index contributed by atoms with van der Waals surface area (Å²) in [6.45, 7) is 1.74. The maximum Gasteiger partial charge on any atom is 0.251 e. The highest BCUT2D eigenvalue weighted by Crippen LogP contribution is 2.24. The first-order valence-electron chi connectivity index (χ1n) is 6.46. The van der Waals surface area contributed by atoms with Gasteiger partial charge in [0.15, 0.2) is 0 Å². The van der Waals surface area contributed by atoms with Gasteiger partial charge < -0.3 is 10.6 Å². The summed E-state index contributed by atoms with van der Waals surface area (Å²) in [5.74, 6) is -0.614. The molecular formula is C16H15ClN2O2. The normalized spacial score (nSPS) is 10.0. The lowest BCUT2D eigenvalue weighted by atomic mass is 10.2. The number of hydrogen-bond acceptors (Lipinski definition) is 2. The number of carbonyl (C=O) groups excluding carboxylic acids is 2. The van der Waals surface area contributed by atoms with Crippen LogP contribution >= 0.6 is 11.6 Å². The molecule has 0 unspecified atom stereocenters. The third-order valence-electron chi connectivity index (χ3n) is 2.93. The van der Waals surface area contributed by atoms with Gasteiger partial charge in [-0.1, -0.05) is 41.9 Å². The molecule has 0 heterocycles. The number of nitrogens with one attached hydrogen (secondary N) is 2. The molecule has 108 valence electrons. The van der Waals surface area contributed by atoms with Gasteiger partial charge in [0.25, 0.3) is 5.91 Å². The van der Waals surface area contributed by atoms with Crippen molar-refractivity contribution >= 4 is 29.1 Å². The van der Waals surface area contributed by atoms with Gasteiger partial charge in [0.1, 0.15) is 0 Å². The maximum atomic E-state index is 11.9. The van der Waals surface area contributed by atoms with Crippen molar-refractivity contribution < 1.29 is 9.59 Å². The SMILES string of the molecule is Cc1cccc(Cl)c1NC(=O)CNC(=O)c1ccccc1. The topological polar surface area (TPSA) is 58.2 Å². The van der Waals surface area contributed by atoms with Gasteiger partial charge >= 0.3 is 0 Å². The Morgan fingerprint density at radius 1 is 1.05 bits per heavy atom. The molecule has 0 bridgehead atoms. The van der Waals surface area contributed by atoms with Gasteiger partial charge in [0.2, 0.25) is 5.91 Å². The van der Waals surface area contributed by atoms with E-state index in [9.17, 15) is 9.59 Å². The molecule has 0 radical (unpaired) electrons. The van der Waals surface area contributed by atoms with E-state index in [1.165, 1.54) is 0 Å². The van der Waals surface area contributed by atoms with Crippen LogP contribution in [0.2, 0.25) is 5.02 Å². The molecule has 2 aromatic rings. The monoisotopic (exact) mass is 302 g/mol. The van der Waals surface area contributed by atoms with Gasteiger partial charge in [-0.05, 0) is 30.7 Å². The number of anilines is 1. The molecule has 0 aromatic heterocycles. The minimum absolute atomic E-state index is 0.113. The van der Waals surface area contributed by atoms with Crippen LogP contribution in [0.15, 0.2) is 48.5 Å². The second-order valence-corrected chi connectivity index (χ2v) is 4.94. The van der Waals surface area contributed by atoms with E-state index in [1.54, 1.807) is 30.3 Å². The first kappa shape index (κ1) is 15.1. The Morgan fingerprint density at radius 3 is 2.43 bits per heavy atom. The third kappa shape index (κ3) is 4.07. The van der Waals surface area contributed by atoms with E-state index in [-0.39, 0.29) is 18.4 Å². The summed E-state index contributed by atoms with van der Waals surface area (Å²) in [5.41, 5.74) is 1.95. The van der Waals surface area contributed by atoms with Crippen molar-refractivity contribution in [1.82, 2.24) is 5.32 Å². The molecule has 0 saturated carbocycles. The zero-order chi connectivity index (χ0) is 15.2. The summed E-state index contributed by atoms with van der Waals surface area (Å²) < 4.78 is 0. The fourth-order valence-electron chi connectivity index (χ4n) is 1.83. The van der Waals surface area contributed by atoms with Crippen molar-refractivity contribution in [3.8, 4) is 0 Å². The Hall–Kier alpha value is -2.33. The number of rotatable bonds is 4. The molecule has 0 aliphatic rings. The average Bonchev–Trinajstić information content (AvgIpc) is 2.49. The Balaban J connectivity index is 1.92. The quantitative estimate of drug-likeness (QED) is 0.912. The van der Waals surface area contributed by atoms with Crippen LogP contribution in [0.25, 0.3) is 0 Å². The molecule has 2 aromatic carbocycles. The van der Waals surface area contributed by atoms with E-state index >= 15 is 0 Å². The minimum atomic E-state index is -0.324. The van der Waals surface area contributed by atoms with Crippen LogP contribution in [-0.4, -0.2) is 18.4 Å². The van der Waals surface area contributed by atoms with Gasteiger partial charge in [-0.15, -0.1) is 0 Å². The van der Waals surface area contributed by atoms with Crippen LogP contribution in [0, 0.1) is 6.92 Å². The molecule has 2 N–H and O–H groups in total. The molecule has 0 saturated heterocycles. The van der Waals surface area contributed by atoms with E-state index in [0.717, 1.165) is 5.56 Å². The molecule has 0 atom stereocenters. The van der Waals surface area contributed by atoms with Crippen molar-refractivity contribution in [2.75, 3.05) is 11.9 Å². The molecular weight excluding hydrogens is 288 g/mol. The molecule has 0 aliphatic heterocycles. The fraction of sp³-hybridized carbons (Fsp3) is 0.125. The smallest absolute Gasteiger partial charge is 0.251 e. The van der Waals surface area contributed by atoms with Crippen molar-refractivity contribution in [2.45, 2.75) is 6.92 Å². The predicted molar refractivity (Wildman–Crippen MR) is 83.6 cm³/mol. The Bertz CT molecular complexity index is 636. The molecule has 21 heavy (non-hydrogen) atoms. The van der Waals surface area contributed by atoms with E-state index in [2.05, 4.69) is 10.6 Å². The molecule has 0 spiro atoms. The summed E-state index contributed by atoms with van der Waals surface area (Å²) in [6, 6.07) is 14.1. The van der Waals surface area contributed by atoms with Crippen LogP contribution < -0.4 is 10.6 Å². The number of para-hydroxylation sites is 1. The number of amides is 2. The first-order chi connectivity index (χ1) is 10.1. The minimum Gasteiger partial charge on any atom is -0.343 e. The van der Waals surface area contributed by atoms with Crippen LogP contribution in [0.1, 0.15) is 15.9 Å². The van der Waals surface area contributed by atoms with Gasteiger partial charge in [-0.25, -0.2) is 0 Å². The van der Waals surface area contributed by atoms with Crippen LogP contribution in [0.5, 0.6) is 0 Å². The molecule has 0 fully saturated rings. The van der Waals surface area contributed by atoms with Gasteiger partial charge in [-0.2, -0.15) is 0 Å². The summed E-state index contributed by atoms with van der Waals surface area (Å²) in [4.78, 5) is 23.7. The average molecular weight is 303 g/mol. The molecule has 0 aliphatic carbocycles. The highest BCUT2D eigenvalue weighted by molar-refractivity contribution is 6.34. The fourth-order valence-corrected chi connectivity index (χ4v) is 2.10. The maximum absolute atomic E-state index is 11.9. The van der Waals surface area contributed by atoms with Gasteiger partial charge in [0.05, 0.1) is 17.3 Å². The van der Waals surface area contributed by atoms with Crippen LogP contribution in [-0.2, 0) is 4.79 Å². The van der Waals surface area contributed by atoms with Crippen LogP contribution in [0.3, 0.4) is 0 Å². The molecule has 2 rings (SSSR count). The Labute approximate surface area is 128 Å². The second-order valence-electron chi connectivity index (χ2n) is 4.53. The van der Waals surface area contributed by atoms with Gasteiger partial charge in [0, 0.05) is 5.56 Å². The lowest BCUT2D eigenvalue weighted by molar-refractivity contribution is -0.115. The highest BCUT2D eigenvalue weighted by Gasteiger charge is 2.10. The second kappa shape index (κ2) is 6.90. The molecule has 4 nitrogen and oxygen atoms in total. The lowest BCUT2D eigenvalue weighted by Crippen LogP contribution is -2.33. The first-order valence-corrected chi connectivity index (χ1v) is 6.84. The lowest BCUT2D eigenvalue weighted by Gasteiger charge is -2.10. The highest BCUT2D eigenvalue weighted by atomic mass is 35.5. The molecule has 5 heteroatoms. The summed E-state index contributed by atoms with van der Waals surface area (Å²) in [7, 11) is 0. The number of aryl methyl sites for hydroxylation is 1. The van der Waals surface area contributed by atoms with Crippen LogP contribution in [0.4, 0.5) is 5.69 Å². The van der Waals surface area contributed by atoms with E-state index in [1.807, 2.05) is 25.1 Å². The summed E-state index contributed by atoms with van der Waals surface area (Å²) >= 11 is 6.03. The zero-order valence-electron chi connectivity index (χ0n) is 11.5. The van der Waals surface area contributed by atoms with Crippen molar-refractivity contribution in [1.29, 1.82) is 0 Å². The number of hydrogen-bond donors (Lipinski definition) is 2. The predicted octanol–water partition coefficient (Wildman–Crippen LogP) is 3.02. The number of carbonyl (C=O) groups is 2. The standard InChI is InChI=1S/C16H15ClN2O2/c1-11-6-5-9-13(17)15(11)19-14(20)10-18-16(21)12-7-3-2-4-8-12/h2-9H,10H2,1H3,(H,18,21)(H,19,20). The zero-order valence-corrected chi connectivity index (χ0v) is 12.3. The largest absolute Gasteiger partial charge is 0.343 e. The van der Waals surface area contributed by atoms with E-state index in [4.69, 9.17) is 11.6 Å². The Morgan fingerprint density at radius 2 is 1.76 bits per heavy atom. The summed E-state index contributed by atoms with van der Waals surface area (Å²) in [5, 5.41) is 5.73. The molecule has 2 amide bonds. The summed E-state index contributed by atoms with van der Waals surface area (Å²) in [6.07, 6.45) is 0. The third-order valence-corrected chi connectivity index (χ3v) is 3.25. The van der Waals surface area contributed by atoms with Crippen molar-refractivity contribution in [3.05, 3.63) is 64.7 Å². The van der Waals surface area contributed by atoms with Gasteiger partial charge in [-0.3, -0.25) is 9.59 Å². The van der Waals surface area contributed by atoms with Crippen molar-refractivity contribution in [2.24, 2.45) is 0 Å². The van der Waals surface area contributed by atoms with E-state index in [0.29, 0.717) is 16.3 Å². The van der Waals surface area contributed by atoms with E-state index < -0.39 is 0 Å². The number of benzene rings is 2. The van der Waals surface area contributed by atoms with Crippen molar-refractivity contribution in [3.63, 3.8) is 0 Å². The Kier molecular flexibility index (Phi) is 4.95.